The highest BCUT2D eigenvalue weighted by molar-refractivity contribution is 7.92. The zero-order valence-electron chi connectivity index (χ0n) is 16.1. The van der Waals surface area contributed by atoms with Gasteiger partial charge >= 0.3 is 0 Å². The first-order valence-electron chi connectivity index (χ1n) is 9.18. The third-order valence-electron chi connectivity index (χ3n) is 4.91. The molecule has 0 saturated carbocycles. The molecule has 27 heavy (non-hydrogen) atoms. The van der Waals surface area contributed by atoms with Gasteiger partial charge in [0.05, 0.1) is 7.11 Å². The molecule has 0 aliphatic carbocycles. The molecule has 146 valence electrons. The van der Waals surface area contributed by atoms with E-state index in [4.69, 9.17) is 4.74 Å². The highest BCUT2D eigenvalue weighted by Crippen LogP contribution is 2.27. The highest BCUT2D eigenvalue weighted by Gasteiger charge is 2.20. The van der Waals surface area contributed by atoms with Gasteiger partial charge in [0.15, 0.2) is 0 Å². The zero-order chi connectivity index (χ0) is 19.4. The quantitative estimate of drug-likeness (QED) is 0.823. The summed E-state index contributed by atoms with van der Waals surface area (Å²) in [7, 11) is -2.25. The van der Waals surface area contributed by atoms with E-state index in [-0.39, 0.29) is 4.90 Å². The Morgan fingerprint density at radius 3 is 2.30 bits per heavy atom. The molecule has 3 rings (SSSR count). The minimum atomic E-state index is -3.72. The number of hydrogen-bond acceptors (Lipinski definition) is 5. The fraction of sp³-hybridized carbons (Fsp3) is 0.400. The second-order valence-electron chi connectivity index (χ2n) is 6.73. The smallest absolute Gasteiger partial charge is 0.265 e. The fourth-order valence-electron chi connectivity index (χ4n) is 3.27. The predicted octanol–water partition coefficient (Wildman–Crippen LogP) is 2.95. The van der Waals surface area contributed by atoms with Gasteiger partial charge in [-0.1, -0.05) is 13.0 Å². The molecule has 1 aliphatic rings. The summed E-state index contributed by atoms with van der Waals surface area (Å²) in [6.07, 6.45) is 0. The number of ether oxygens (including phenoxy) is 1. The van der Waals surface area contributed by atoms with Crippen LogP contribution in [-0.2, 0) is 10.0 Å². The maximum Gasteiger partial charge on any atom is 0.265 e. The van der Waals surface area contributed by atoms with Gasteiger partial charge in [0.25, 0.3) is 10.0 Å². The Morgan fingerprint density at radius 2 is 1.70 bits per heavy atom. The molecule has 0 bridgehead atoms. The number of benzene rings is 2. The molecular formula is C20H27N3O3S. The number of rotatable bonds is 6. The van der Waals surface area contributed by atoms with Crippen molar-refractivity contribution in [3.8, 4) is 5.75 Å². The summed E-state index contributed by atoms with van der Waals surface area (Å²) in [5, 5.41) is 0. The van der Waals surface area contributed by atoms with E-state index >= 15 is 0 Å². The van der Waals surface area contributed by atoms with Gasteiger partial charge in [0, 0.05) is 37.6 Å². The molecule has 0 unspecified atom stereocenters. The minimum absolute atomic E-state index is 0.143. The number of aryl methyl sites for hydroxylation is 1. The Bertz CT molecular complexity index is 874. The first-order chi connectivity index (χ1) is 12.9. The predicted molar refractivity (Wildman–Crippen MR) is 109 cm³/mol. The van der Waals surface area contributed by atoms with E-state index in [0.717, 1.165) is 44.0 Å². The van der Waals surface area contributed by atoms with Gasteiger partial charge < -0.3 is 14.5 Å². The van der Waals surface area contributed by atoms with Crippen molar-refractivity contribution in [1.29, 1.82) is 0 Å². The Kier molecular flexibility index (Phi) is 5.92. The van der Waals surface area contributed by atoms with E-state index in [1.807, 2.05) is 25.1 Å². The van der Waals surface area contributed by atoms with Gasteiger partial charge in [-0.05, 0) is 55.4 Å². The Labute approximate surface area is 161 Å². The number of anilines is 2. The molecule has 1 aliphatic heterocycles. The van der Waals surface area contributed by atoms with Crippen LogP contribution in [0.2, 0.25) is 0 Å². The summed E-state index contributed by atoms with van der Waals surface area (Å²) in [6.45, 7) is 9.19. The number of nitrogens with zero attached hydrogens (tertiary/aromatic N) is 2. The van der Waals surface area contributed by atoms with Gasteiger partial charge in [-0.2, -0.15) is 0 Å². The zero-order valence-corrected chi connectivity index (χ0v) is 16.9. The third kappa shape index (κ3) is 4.54. The molecule has 0 radical (unpaired) electrons. The lowest BCUT2D eigenvalue weighted by atomic mass is 10.2. The number of piperazine rings is 1. The largest absolute Gasteiger partial charge is 0.495 e. The highest BCUT2D eigenvalue weighted by atomic mass is 32.2. The first kappa shape index (κ1) is 19.5. The number of likely N-dealkylation sites (N-methyl/N-ethyl adjacent to an activating group) is 1. The second-order valence-corrected chi connectivity index (χ2v) is 8.38. The summed E-state index contributed by atoms with van der Waals surface area (Å²) in [6, 6.07) is 12.7. The summed E-state index contributed by atoms with van der Waals surface area (Å²) >= 11 is 0. The van der Waals surface area contributed by atoms with Gasteiger partial charge in [0.1, 0.15) is 10.6 Å². The van der Waals surface area contributed by atoms with Crippen LogP contribution >= 0.6 is 0 Å². The average molecular weight is 390 g/mol. The molecule has 6 nitrogen and oxygen atoms in total. The topological polar surface area (TPSA) is 61.9 Å². The molecule has 2 aromatic rings. The van der Waals surface area contributed by atoms with E-state index in [2.05, 4.69) is 21.4 Å². The maximum atomic E-state index is 12.8. The Balaban J connectivity index is 1.74. The number of methoxy groups -OCH3 is 1. The van der Waals surface area contributed by atoms with E-state index in [0.29, 0.717) is 11.4 Å². The van der Waals surface area contributed by atoms with Crippen LogP contribution in [0.25, 0.3) is 0 Å². The van der Waals surface area contributed by atoms with Gasteiger partial charge in [-0.3, -0.25) is 4.72 Å². The second kappa shape index (κ2) is 8.19. The van der Waals surface area contributed by atoms with Crippen LogP contribution in [-0.4, -0.2) is 53.2 Å². The third-order valence-corrected chi connectivity index (χ3v) is 6.32. The summed E-state index contributed by atoms with van der Waals surface area (Å²) in [5.41, 5.74) is 2.51. The molecule has 0 spiro atoms. The summed E-state index contributed by atoms with van der Waals surface area (Å²) < 4.78 is 33.4. The Hall–Kier alpha value is -2.25. The molecule has 1 fully saturated rings. The van der Waals surface area contributed by atoms with Crippen LogP contribution in [0.3, 0.4) is 0 Å². The van der Waals surface area contributed by atoms with Crippen LogP contribution < -0.4 is 14.4 Å². The lowest BCUT2D eigenvalue weighted by Gasteiger charge is -2.35. The van der Waals surface area contributed by atoms with Crippen LogP contribution in [0.15, 0.2) is 47.4 Å². The van der Waals surface area contributed by atoms with Crippen molar-refractivity contribution in [3.05, 3.63) is 48.0 Å². The Morgan fingerprint density at radius 1 is 1.04 bits per heavy atom. The van der Waals surface area contributed by atoms with Crippen molar-refractivity contribution in [2.75, 3.05) is 49.5 Å². The van der Waals surface area contributed by atoms with Gasteiger partial charge in [-0.25, -0.2) is 8.42 Å². The molecule has 1 heterocycles. The first-order valence-corrected chi connectivity index (χ1v) is 10.7. The van der Waals surface area contributed by atoms with Crippen molar-refractivity contribution in [3.63, 3.8) is 0 Å². The summed E-state index contributed by atoms with van der Waals surface area (Å²) in [4.78, 5) is 4.90. The molecule has 1 N–H and O–H groups in total. The molecule has 1 saturated heterocycles. The summed E-state index contributed by atoms with van der Waals surface area (Å²) in [5.74, 6) is 0.332. The monoisotopic (exact) mass is 389 g/mol. The SMILES string of the molecule is CCN1CCN(c2ccc(NS(=O)(=O)c3cc(C)ccc3OC)cc2)CC1. The van der Waals surface area contributed by atoms with Crippen molar-refractivity contribution < 1.29 is 13.2 Å². The van der Waals surface area contributed by atoms with Gasteiger partial charge in [0.2, 0.25) is 0 Å². The number of sulfonamides is 1. The van der Waals surface area contributed by atoms with E-state index in [9.17, 15) is 8.42 Å². The number of hydrogen-bond donors (Lipinski definition) is 1. The molecule has 0 amide bonds. The molecule has 2 aromatic carbocycles. The van der Waals surface area contributed by atoms with Gasteiger partial charge in [-0.15, -0.1) is 0 Å². The normalized spacial score (nSPS) is 15.6. The van der Waals surface area contributed by atoms with Crippen molar-refractivity contribution in [1.82, 2.24) is 4.90 Å². The van der Waals surface area contributed by atoms with Crippen molar-refractivity contribution in [2.24, 2.45) is 0 Å². The van der Waals surface area contributed by atoms with Crippen LogP contribution in [0.4, 0.5) is 11.4 Å². The number of nitrogens with one attached hydrogen (secondary N) is 1. The van der Waals surface area contributed by atoms with Crippen LogP contribution in [0.1, 0.15) is 12.5 Å². The maximum absolute atomic E-state index is 12.8. The van der Waals surface area contributed by atoms with E-state index in [1.54, 1.807) is 24.3 Å². The van der Waals surface area contributed by atoms with Crippen LogP contribution in [0.5, 0.6) is 5.75 Å². The van der Waals surface area contributed by atoms with Crippen LogP contribution in [0, 0.1) is 6.92 Å². The van der Waals surface area contributed by atoms with E-state index < -0.39 is 10.0 Å². The molecule has 0 atom stereocenters. The molecule has 7 heteroatoms. The van der Waals surface area contributed by atoms with E-state index in [1.165, 1.54) is 7.11 Å². The minimum Gasteiger partial charge on any atom is -0.495 e. The standard InChI is InChI=1S/C20H27N3O3S/c1-4-22-11-13-23(14-12-22)18-8-6-17(7-9-18)21-27(24,25)20-15-16(2)5-10-19(20)26-3/h5-10,15,21H,4,11-14H2,1-3H3. The van der Waals surface area contributed by atoms with Crippen molar-refractivity contribution >= 4 is 21.4 Å². The average Bonchev–Trinajstić information content (AvgIpc) is 2.68. The van der Waals surface area contributed by atoms with Crippen molar-refractivity contribution in [2.45, 2.75) is 18.7 Å². The molecular weight excluding hydrogens is 362 g/mol. The lowest BCUT2D eigenvalue weighted by Crippen LogP contribution is -2.46. The molecule has 0 aromatic heterocycles. The lowest BCUT2D eigenvalue weighted by molar-refractivity contribution is 0.271. The fourth-order valence-corrected chi connectivity index (χ4v) is 4.58.